The van der Waals surface area contributed by atoms with E-state index in [0.29, 0.717) is 58.8 Å². The first-order valence-corrected chi connectivity index (χ1v) is 23.9. The van der Waals surface area contributed by atoms with Gasteiger partial charge in [0.05, 0.1) is 35.5 Å². The molecule has 12 heteroatoms. The molecule has 0 N–H and O–H groups in total. The van der Waals surface area contributed by atoms with Crippen LogP contribution in [0.25, 0.3) is 0 Å². The van der Waals surface area contributed by atoms with Crippen molar-refractivity contribution in [1.82, 2.24) is 0 Å². The Kier molecular flexibility index (Phi) is 14.9. The van der Waals surface area contributed by atoms with Gasteiger partial charge in [0, 0.05) is 28.2 Å². The van der Waals surface area contributed by atoms with Crippen LogP contribution in [0, 0.1) is 45.3 Å². The van der Waals surface area contributed by atoms with Crippen molar-refractivity contribution in [3.8, 4) is 58.8 Å². The Balaban J connectivity index is 1.27. The van der Waals surface area contributed by atoms with Crippen LogP contribution in [-0.2, 0) is 22.1 Å². The molecule has 0 aliphatic heterocycles. The highest BCUT2D eigenvalue weighted by Gasteiger charge is 2.49. The zero-order valence-electron chi connectivity index (χ0n) is 35.4. The van der Waals surface area contributed by atoms with Crippen LogP contribution < -0.4 is 18.3 Å². The molecule has 0 radical (unpaired) electrons. The maximum Gasteiger partial charge on any atom is 0.404 e. The highest BCUT2D eigenvalue weighted by atomic mass is 28.4. The van der Waals surface area contributed by atoms with Crippen molar-refractivity contribution in [3.05, 3.63) is 143 Å². The molecule has 0 amide bonds. The minimum absolute atomic E-state index is 0.120. The fourth-order valence-corrected chi connectivity index (χ4v) is 13.9. The fourth-order valence-electron chi connectivity index (χ4n) is 7.03. The highest BCUT2D eigenvalue weighted by molar-refractivity contribution is 6.71. The second kappa shape index (κ2) is 20.0. The molecule has 0 aliphatic rings. The summed E-state index contributed by atoms with van der Waals surface area (Å²) in [5, 5.41) is 37.2. The van der Waals surface area contributed by atoms with E-state index in [0.717, 1.165) is 11.1 Å². The molecular weight excluding hydrogens is 785 g/mol. The number of rotatable bonds is 18. The summed E-state index contributed by atoms with van der Waals surface area (Å²) in [5.74, 6) is 3.51. The largest absolute Gasteiger partial charge is 0.520 e. The van der Waals surface area contributed by atoms with E-state index in [1.165, 1.54) is 0 Å². The van der Waals surface area contributed by atoms with Crippen molar-refractivity contribution in [3.63, 3.8) is 0 Å². The molecule has 5 aromatic rings. The summed E-state index contributed by atoms with van der Waals surface area (Å²) in [4.78, 5) is 0. The van der Waals surface area contributed by atoms with E-state index in [2.05, 4.69) is 55.4 Å². The Bertz CT molecular complexity index is 2240. The Morgan fingerprint density at radius 2 is 0.733 bits per heavy atom. The average Bonchev–Trinajstić information content (AvgIpc) is 3.24. The first-order valence-electron chi connectivity index (χ1n) is 19.9. The fraction of sp³-hybridized carbons (Fsp3) is 0.292. The molecule has 10 nitrogen and oxygen atoms in total. The second-order valence-electron chi connectivity index (χ2n) is 15.7. The lowest BCUT2D eigenvalue weighted by molar-refractivity contribution is 0.206. The molecule has 0 bridgehead atoms. The van der Waals surface area contributed by atoms with Crippen LogP contribution in [0.4, 0.5) is 0 Å². The number of hydrogen-bond acceptors (Lipinski definition) is 10. The Hall–Kier alpha value is -6.39. The molecule has 5 rings (SSSR count). The van der Waals surface area contributed by atoms with Gasteiger partial charge in [0.15, 0.2) is 0 Å². The first kappa shape index (κ1) is 44.7. The summed E-state index contributed by atoms with van der Waals surface area (Å²) in [7, 11) is -5.79. The van der Waals surface area contributed by atoms with Crippen molar-refractivity contribution < 1.29 is 27.2 Å². The molecule has 0 saturated heterocycles. The summed E-state index contributed by atoms with van der Waals surface area (Å²) in [5.41, 5.74) is 3.54. The topological polar surface area (TPSA) is 151 Å². The van der Waals surface area contributed by atoms with Gasteiger partial charge in [-0.25, -0.2) is 0 Å². The van der Waals surface area contributed by atoms with Crippen LogP contribution >= 0.6 is 0 Å². The van der Waals surface area contributed by atoms with Gasteiger partial charge in [-0.3, -0.25) is 0 Å². The van der Waals surface area contributed by atoms with Crippen LogP contribution in [0.3, 0.4) is 0 Å². The van der Waals surface area contributed by atoms with Crippen LogP contribution in [0.1, 0.15) is 88.8 Å². The van der Waals surface area contributed by atoms with Gasteiger partial charge in [-0.1, -0.05) is 85.7 Å². The normalized spacial score (nSPS) is 11.5. The molecule has 0 saturated carbocycles. The maximum atomic E-state index is 9.38. The third-order valence-electron chi connectivity index (χ3n) is 10.3. The van der Waals surface area contributed by atoms with Crippen LogP contribution in [-0.4, -0.2) is 17.1 Å². The molecule has 0 fully saturated rings. The van der Waals surface area contributed by atoms with Crippen LogP contribution in [0.5, 0.6) is 34.5 Å². The maximum absolute atomic E-state index is 9.38. The van der Waals surface area contributed by atoms with Gasteiger partial charge < -0.3 is 27.2 Å². The lowest BCUT2D eigenvalue weighted by Gasteiger charge is -2.39. The lowest BCUT2D eigenvalue weighted by atomic mass is 10.1. The zero-order chi connectivity index (χ0) is 43.5. The van der Waals surface area contributed by atoms with Crippen molar-refractivity contribution in [2.24, 2.45) is 0 Å². The molecule has 0 aromatic heterocycles. The highest BCUT2D eigenvalue weighted by Crippen LogP contribution is 2.40. The van der Waals surface area contributed by atoms with E-state index in [1.807, 2.05) is 97.1 Å². The van der Waals surface area contributed by atoms with Crippen molar-refractivity contribution >= 4 is 17.1 Å². The monoisotopic (exact) mass is 834 g/mol. The summed E-state index contributed by atoms with van der Waals surface area (Å²) in [6.07, 6.45) is 0. The third-order valence-corrected chi connectivity index (χ3v) is 19.0. The number of nitrogens with zero attached hydrogens (tertiary/aromatic N) is 4. The quantitative estimate of drug-likeness (QED) is 0.0780. The first-order chi connectivity index (χ1) is 28.7. The SMILES string of the molecule is CC(C)[Si](OCc1ccc(Oc2ccc(C#N)c(C#N)c2)cc1)(Oc1cccc(O[Si](OCc2ccc(Oc3ccc(C#N)c(C#N)c3)cc2)(C(C)C)C(C)C)c1)C(C)C. The van der Waals surface area contributed by atoms with E-state index < -0.39 is 17.1 Å². The molecule has 0 atom stereocenters. The van der Waals surface area contributed by atoms with Gasteiger partial charge in [0.25, 0.3) is 0 Å². The Morgan fingerprint density at radius 1 is 0.400 bits per heavy atom. The molecule has 0 heterocycles. The average molecular weight is 835 g/mol. The van der Waals surface area contributed by atoms with Gasteiger partial charge in [-0.15, -0.1) is 0 Å². The van der Waals surface area contributed by atoms with E-state index in [9.17, 15) is 21.0 Å². The van der Waals surface area contributed by atoms with Crippen LogP contribution in [0.2, 0.25) is 22.2 Å². The van der Waals surface area contributed by atoms with Crippen molar-refractivity contribution in [2.45, 2.75) is 90.8 Å². The second-order valence-corrected chi connectivity index (χ2v) is 24.2. The molecule has 60 heavy (non-hydrogen) atoms. The van der Waals surface area contributed by atoms with E-state index in [-0.39, 0.29) is 33.3 Å². The zero-order valence-corrected chi connectivity index (χ0v) is 37.4. The van der Waals surface area contributed by atoms with Gasteiger partial charge in [0.1, 0.15) is 58.8 Å². The number of nitriles is 4. The molecule has 306 valence electrons. The minimum Gasteiger partial charge on any atom is -0.520 e. The number of ether oxygens (including phenoxy) is 2. The van der Waals surface area contributed by atoms with Crippen molar-refractivity contribution in [1.29, 1.82) is 21.0 Å². The van der Waals surface area contributed by atoms with E-state index in [4.69, 9.17) is 27.2 Å². The Morgan fingerprint density at radius 3 is 1.05 bits per heavy atom. The van der Waals surface area contributed by atoms with Gasteiger partial charge in [-0.2, -0.15) is 21.0 Å². The summed E-state index contributed by atoms with van der Waals surface area (Å²) in [6, 6.07) is 40.8. The predicted octanol–water partition coefficient (Wildman–Crippen LogP) is 12.5. The standard InChI is InChI=1S/C48H50N4O6Si2/c1-33(2)59(34(3)4,53-31-37-12-18-43(19-13-37)55-45-22-16-39(27-49)41(24-45)29-51)57-47-10-9-11-48(26-47)58-60(35(5)6,36(7)8)54-32-38-14-20-44(21-15-38)56-46-23-17-40(28-50)42(25-46)30-52/h9-26,33-36H,31-32H2,1-8H3. The molecule has 5 aromatic carbocycles. The number of benzene rings is 5. The van der Waals surface area contributed by atoms with Crippen molar-refractivity contribution in [2.75, 3.05) is 0 Å². The van der Waals surface area contributed by atoms with Gasteiger partial charge in [0.2, 0.25) is 0 Å². The molecular formula is C48H50N4O6Si2. The predicted molar refractivity (Wildman–Crippen MR) is 234 cm³/mol. The van der Waals surface area contributed by atoms with Crippen LogP contribution in [0.15, 0.2) is 109 Å². The molecule has 0 aliphatic carbocycles. The summed E-state index contributed by atoms with van der Waals surface area (Å²) < 4.78 is 39.6. The third kappa shape index (κ3) is 10.6. The Labute approximate surface area is 356 Å². The smallest absolute Gasteiger partial charge is 0.404 e. The van der Waals surface area contributed by atoms with Gasteiger partial charge >= 0.3 is 17.1 Å². The van der Waals surface area contributed by atoms with E-state index in [1.54, 1.807) is 36.4 Å². The van der Waals surface area contributed by atoms with Gasteiger partial charge in [-0.05, 0) is 83.9 Å². The lowest BCUT2D eigenvalue weighted by Crippen LogP contribution is -2.51. The molecule has 0 spiro atoms. The van der Waals surface area contributed by atoms with E-state index >= 15 is 0 Å². The summed E-state index contributed by atoms with van der Waals surface area (Å²) >= 11 is 0. The minimum atomic E-state index is -2.89. The molecule has 0 unspecified atom stereocenters. The number of hydrogen-bond donors (Lipinski definition) is 0. The summed E-state index contributed by atoms with van der Waals surface area (Å²) in [6.45, 7) is 17.9.